The largest absolute Gasteiger partial charge is 0.350 e. The van der Waals surface area contributed by atoms with Crippen LogP contribution in [0.2, 0.25) is 0 Å². The summed E-state index contributed by atoms with van der Waals surface area (Å²) in [7, 11) is 1.59. The molecule has 0 saturated heterocycles. The van der Waals surface area contributed by atoms with E-state index < -0.39 is 0 Å². The van der Waals surface area contributed by atoms with Crippen molar-refractivity contribution in [2.45, 2.75) is 32.7 Å². The number of likely N-dealkylation sites (N-methyl/N-ethyl adjacent to an activating group) is 1. The Morgan fingerprint density at radius 1 is 1.45 bits per heavy atom. The molecule has 0 atom stereocenters. The van der Waals surface area contributed by atoms with Gasteiger partial charge in [-0.05, 0) is 27.3 Å². The Morgan fingerprint density at radius 3 is 2.65 bits per heavy atom. The molecule has 7 heteroatoms. The van der Waals surface area contributed by atoms with Gasteiger partial charge in [0.15, 0.2) is 0 Å². The van der Waals surface area contributed by atoms with Crippen LogP contribution in [-0.4, -0.2) is 47.4 Å². The number of hydrogen-bond donors (Lipinski definition) is 2. The standard InChI is InChI=1S/C13H22N4O2S/c1-13(2,3)16-10(18)7-17(4)12(19)9-8-20-11(15-9)5-6-14/h8H,5-7,14H2,1-4H3,(H,16,18). The minimum Gasteiger partial charge on any atom is -0.350 e. The molecule has 112 valence electrons. The van der Waals surface area contributed by atoms with Gasteiger partial charge < -0.3 is 16.0 Å². The number of nitrogens with zero attached hydrogens (tertiary/aromatic N) is 2. The van der Waals surface area contributed by atoms with E-state index in [4.69, 9.17) is 5.73 Å². The first-order chi connectivity index (χ1) is 9.23. The van der Waals surface area contributed by atoms with Crippen LogP contribution in [-0.2, 0) is 11.2 Å². The van der Waals surface area contributed by atoms with E-state index in [9.17, 15) is 9.59 Å². The number of rotatable bonds is 5. The van der Waals surface area contributed by atoms with Gasteiger partial charge in [-0.3, -0.25) is 9.59 Å². The van der Waals surface area contributed by atoms with Crippen LogP contribution in [0.5, 0.6) is 0 Å². The first-order valence-electron chi connectivity index (χ1n) is 6.44. The molecule has 20 heavy (non-hydrogen) atoms. The van der Waals surface area contributed by atoms with Crippen molar-refractivity contribution in [1.82, 2.24) is 15.2 Å². The molecule has 1 aromatic heterocycles. The van der Waals surface area contributed by atoms with Gasteiger partial charge in [0.25, 0.3) is 5.91 Å². The van der Waals surface area contributed by atoms with Crippen molar-refractivity contribution >= 4 is 23.2 Å². The number of thiazole rings is 1. The van der Waals surface area contributed by atoms with Crippen LogP contribution < -0.4 is 11.1 Å². The van der Waals surface area contributed by atoms with E-state index >= 15 is 0 Å². The SMILES string of the molecule is CN(CC(=O)NC(C)(C)C)C(=O)c1csc(CCN)n1. The number of amides is 2. The zero-order chi connectivity index (χ0) is 15.3. The van der Waals surface area contributed by atoms with E-state index in [2.05, 4.69) is 10.3 Å². The van der Waals surface area contributed by atoms with Crippen LogP contribution in [0.15, 0.2) is 5.38 Å². The molecule has 3 N–H and O–H groups in total. The Morgan fingerprint density at radius 2 is 2.10 bits per heavy atom. The normalized spacial score (nSPS) is 11.2. The summed E-state index contributed by atoms with van der Waals surface area (Å²) in [6.45, 7) is 6.20. The molecule has 0 aliphatic carbocycles. The fraction of sp³-hybridized carbons (Fsp3) is 0.615. The van der Waals surface area contributed by atoms with E-state index in [1.54, 1.807) is 12.4 Å². The average Bonchev–Trinajstić information content (AvgIpc) is 2.74. The summed E-state index contributed by atoms with van der Waals surface area (Å²) in [5, 5.41) is 5.35. The van der Waals surface area contributed by atoms with Crippen LogP contribution in [0.1, 0.15) is 36.3 Å². The topological polar surface area (TPSA) is 88.3 Å². The van der Waals surface area contributed by atoms with Gasteiger partial charge in [0.1, 0.15) is 5.69 Å². The van der Waals surface area contributed by atoms with Gasteiger partial charge >= 0.3 is 0 Å². The molecule has 0 aromatic carbocycles. The van der Waals surface area contributed by atoms with Crippen molar-refractivity contribution in [3.05, 3.63) is 16.1 Å². The highest BCUT2D eigenvalue weighted by molar-refractivity contribution is 7.09. The summed E-state index contributed by atoms with van der Waals surface area (Å²) in [5.74, 6) is -0.445. The minimum absolute atomic E-state index is 0.0137. The Balaban J connectivity index is 2.60. The van der Waals surface area contributed by atoms with Crippen molar-refractivity contribution in [1.29, 1.82) is 0 Å². The fourth-order valence-electron chi connectivity index (χ4n) is 1.59. The summed E-state index contributed by atoms with van der Waals surface area (Å²) >= 11 is 1.41. The highest BCUT2D eigenvalue weighted by Gasteiger charge is 2.20. The molecule has 6 nitrogen and oxygen atoms in total. The summed E-state index contributed by atoms with van der Waals surface area (Å²) in [6, 6.07) is 0. The Kier molecular flexibility index (Phi) is 5.64. The van der Waals surface area contributed by atoms with Crippen molar-refractivity contribution < 1.29 is 9.59 Å². The maximum Gasteiger partial charge on any atom is 0.273 e. The lowest BCUT2D eigenvalue weighted by Crippen LogP contribution is -2.46. The van der Waals surface area contributed by atoms with Crippen LogP contribution in [0.25, 0.3) is 0 Å². The number of carbonyl (C=O) groups is 2. The zero-order valence-electron chi connectivity index (χ0n) is 12.4. The van der Waals surface area contributed by atoms with E-state index in [-0.39, 0.29) is 23.9 Å². The monoisotopic (exact) mass is 298 g/mol. The van der Waals surface area contributed by atoms with Gasteiger partial charge in [0, 0.05) is 24.4 Å². The van der Waals surface area contributed by atoms with E-state index in [0.717, 1.165) is 5.01 Å². The smallest absolute Gasteiger partial charge is 0.273 e. The average molecular weight is 298 g/mol. The number of aromatic nitrogens is 1. The lowest BCUT2D eigenvalue weighted by atomic mass is 10.1. The van der Waals surface area contributed by atoms with Gasteiger partial charge in [-0.25, -0.2) is 4.98 Å². The van der Waals surface area contributed by atoms with Gasteiger partial charge in [0.2, 0.25) is 5.91 Å². The Labute approximate surface area is 123 Å². The molecule has 0 saturated carbocycles. The molecular weight excluding hydrogens is 276 g/mol. The number of nitrogens with one attached hydrogen (secondary N) is 1. The summed E-state index contributed by atoms with van der Waals surface area (Å²) in [6.07, 6.45) is 0.659. The maximum atomic E-state index is 12.1. The summed E-state index contributed by atoms with van der Waals surface area (Å²) in [4.78, 5) is 29.5. The molecule has 0 fully saturated rings. The minimum atomic E-state index is -0.310. The Hall–Kier alpha value is -1.47. The predicted octanol–water partition coefficient (Wildman–Crippen LogP) is 0.631. The lowest BCUT2D eigenvalue weighted by molar-refractivity contribution is -0.122. The third-order valence-electron chi connectivity index (χ3n) is 2.37. The van der Waals surface area contributed by atoms with Crippen LogP contribution in [0, 0.1) is 0 Å². The second-order valence-electron chi connectivity index (χ2n) is 5.62. The van der Waals surface area contributed by atoms with Crippen molar-refractivity contribution in [2.24, 2.45) is 5.73 Å². The van der Waals surface area contributed by atoms with E-state index in [0.29, 0.717) is 18.7 Å². The van der Waals surface area contributed by atoms with Crippen molar-refractivity contribution in [2.75, 3.05) is 20.1 Å². The van der Waals surface area contributed by atoms with Crippen molar-refractivity contribution in [3.63, 3.8) is 0 Å². The molecule has 0 aliphatic rings. The lowest BCUT2D eigenvalue weighted by Gasteiger charge is -2.23. The molecule has 0 radical (unpaired) electrons. The second kappa shape index (κ2) is 6.81. The van der Waals surface area contributed by atoms with Crippen LogP contribution in [0.3, 0.4) is 0 Å². The molecule has 2 amide bonds. The second-order valence-corrected chi connectivity index (χ2v) is 6.57. The highest BCUT2D eigenvalue weighted by Crippen LogP contribution is 2.11. The first kappa shape index (κ1) is 16.6. The van der Waals surface area contributed by atoms with Crippen LogP contribution >= 0.6 is 11.3 Å². The maximum absolute atomic E-state index is 12.1. The molecule has 0 unspecified atom stereocenters. The first-order valence-corrected chi connectivity index (χ1v) is 7.32. The van der Waals surface area contributed by atoms with Gasteiger partial charge in [-0.15, -0.1) is 11.3 Å². The van der Waals surface area contributed by atoms with Gasteiger partial charge in [-0.1, -0.05) is 0 Å². The van der Waals surface area contributed by atoms with E-state index in [1.165, 1.54) is 16.2 Å². The quantitative estimate of drug-likeness (QED) is 0.834. The molecular formula is C13H22N4O2S. The summed E-state index contributed by atoms with van der Waals surface area (Å²) < 4.78 is 0. The van der Waals surface area contributed by atoms with Crippen LogP contribution in [0.4, 0.5) is 0 Å². The third-order valence-corrected chi connectivity index (χ3v) is 3.28. The molecule has 1 rings (SSSR count). The summed E-state index contributed by atoms with van der Waals surface area (Å²) in [5.41, 5.74) is 5.50. The van der Waals surface area contributed by atoms with E-state index in [1.807, 2.05) is 20.8 Å². The van der Waals surface area contributed by atoms with Gasteiger partial charge in [0.05, 0.1) is 11.6 Å². The fourth-order valence-corrected chi connectivity index (χ4v) is 2.38. The van der Waals surface area contributed by atoms with Crippen molar-refractivity contribution in [3.8, 4) is 0 Å². The number of nitrogens with two attached hydrogens (primary N) is 1. The highest BCUT2D eigenvalue weighted by atomic mass is 32.1. The predicted molar refractivity (Wildman–Crippen MR) is 79.7 cm³/mol. The molecule has 1 aromatic rings. The van der Waals surface area contributed by atoms with Gasteiger partial charge in [-0.2, -0.15) is 0 Å². The number of hydrogen-bond acceptors (Lipinski definition) is 5. The Bertz CT molecular complexity index is 479. The number of carbonyl (C=O) groups excluding carboxylic acids is 2. The third kappa shape index (κ3) is 5.26. The molecule has 0 aliphatic heterocycles. The molecule has 0 bridgehead atoms. The molecule has 0 spiro atoms. The molecule has 1 heterocycles. The zero-order valence-corrected chi connectivity index (χ0v) is 13.2.